The molecule has 3 atom stereocenters. The van der Waals surface area contributed by atoms with Gasteiger partial charge in [0.1, 0.15) is 18.8 Å². The Bertz CT molecular complexity index is 506. The van der Waals surface area contributed by atoms with Gasteiger partial charge in [-0.05, 0) is 39.3 Å². The molecule has 0 aromatic heterocycles. The Kier molecular flexibility index (Phi) is 8.53. The van der Waals surface area contributed by atoms with E-state index in [-0.39, 0.29) is 25.1 Å². The molecule has 0 saturated heterocycles. The zero-order chi connectivity index (χ0) is 19.9. The molecule has 26 heavy (non-hydrogen) atoms. The van der Waals surface area contributed by atoms with E-state index >= 15 is 0 Å². The Hall–Kier alpha value is -1.63. The minimum Gasteiger partial charge on any atom is -0.481 e. The van der Waals surface area contributed by atoms with Crippen molar-refractivity contribution in [2.75, 3.05) is 26.8 Å². The summed E-state index contributed by atoms with van der Waals surface area (Å²) in [7, 11) is 1.87. The number of hydrogen-bond acceptors (Lipinski definition) is 6. The summed E-state index contributed by atoms with van der Waals surface area (Å²) in [5.41, 5.74) is -0.753. The molecule has 0 aromatic rings. The average molecular weight is 371 g/mol. The van der Waals surface area contributed by atoms with Crippen LogP contribution in [0.1, 0.15) is 53.4 Å². The van der Waals surface area contributed by atoms with Crippen LogP contribution < -0.4 is 0 Å². The molecule has 7 nitrogen and oxygen atoms in total. The summed E-state index contributed by atoms with van der Waals surface area (Å²) < 4.78 is 10.5. The lowest BCUT2D eigenvalue weighted by atomic mass is 9.79. The van der Waals surface area contributed by atoms with Gasteiger partial charge < -0.3 is 14.6 Å². The Labute approximate surface area is 156 Å². The molecule has 0 radical (unpaired) electrons. The van der Waals surface area contributed by atoms with Gasteiger partial charge in [0.15, 0.2) is 0 Å². The van der Waals surface area contributed by atoms with Crippen LogP contribution in [0.15, 0.2) is 0 Å². The van der Waals surface area contributed by atoms with Crippen LogP contribution in [0, 0.1) is 17.8 Å². The largest absolute Gasteiger partial charge is 0.481 e. The third kappa shape index (κ3) is 5.19. The Morgan fingerprint density at radius 2 is 1.65 bits per heavy atom. The van der Waals surface area contributed by atoms with Gasteiger partial charge in [0.25, 0.3) is 0 Å². The molecule has 0 heterocycles. The van der Waals surface area contributed by atoms with Crippen LogP contribution in [0.25, 0.3) is 0 Å². The van der Waals surface area contributed by atoms with Gasteiger partial charge in [0, 0.05) is 0 Å². The minimum atomic E-state index is -0.951. The second-order valence-electron chi connectivity index (χ2n) is 7.46. The van der Waals surface area contributed by atoms with Crippen molar-refractivity contribution in [1.82, 2.24) is 4.90 Å². The first-order valence-electron chi connectivity index (χ1n) is 9.44. The van der Waals surface area contributed by atoms with Crippen molar-refractivity contribution in [1.29, 1.82) is 0 Å². The summed E-state index contributed by atoms with van der Waals surface area (Å²) in [4.78, 5) is 37.9. The maximum Gasteiger partial charge on any atom is 0.326 e. The van der Waals surface area contributed by atoms with Gasteiger partial charge in [-0.25, -0.2) is 0 Å². The molecule has 0 amide bonds. The number of esters is 2. The lowest BCUT2D eigenvalue weighted by Gasteiger charge is -2.39. The summed E-state index contributed by atoms with van der Waals surface area (Å²) in [6.45, 7) is 8.35. The smallest absolute Gasteiger partial charge is 0.326 e. The molecule has 0 aromatic carbocycles. The first-order chi connectivity index (χ1) is 12.2. The number of carbonyl (C=O) groups is 3. The molecule has 3 unspecified atom stereocenters. The van der Waals surface area contributed by atoms with Gasteiger partial charge in [-0.3, -0.25) is 19.3 Å². The molecule has 1 fully saturated rings. The van der Waals surface area contributed by atoms with E-state index < -0.39 is 29.3 Å². The third-order valence-corrected chi connectivity index (χ3v) is 5.75. The molecular weight excluding hydrogens is 338 g/mol. The zero-order valence-electron chi connectivity index (χ0n) is 16.6. The summed E-state index contributed by atoms with van der Waals surface area (Å²) in [5, 5.41) is 9.24. The normalized spacial score (nSPS) is 22.7. The number of aliphatic carboxylic acids is 1. The summed E-state index contributed by atoms with van der Waals surface area (Å²) in [5.74, 6) is -3.04. The first-order valence-corrected chi connectivity index (χ1v) is 9.44. The predicted molar refractivity (Wildman–Crippen MR) is 96.5 cm³/mol. The van der Waals surface area contributed by atoms with Crippen LogP contribution in [-0.2, 0) is 23.9 Å². The van der Waals surface area contributed by atoms with Crippen molar-refractivity contribution < 1.29 is 29.0 Å². The van der Waals surface area contributed by atoms with Crippen molar-refractivity contribution in [3.63, 3.8) is 0 Å². The molecule has 1 rings (SSSR count). The number of nitrogens with zero attached hydrogens (tertiary/aromatic N) is 1. The lowest BCUT2D eigenvalue weighted by Crippen LogP contribution is -2.55. The fraction of sp³-hybridized carbons (Fsp3) is 0.842. The van der Waals surface area contributed by atoms with E-state index in [1.807, 2.05) is 39.6 Å². The van der Waals surface area contributed by atoms with Crippen LogP contribution in [0.2, 0.25) is 0 Å². The van der Waals surface area contributed by atoms with Crippen LogP contribution >= 0.6 is 0 Å². The number of likely N-dealkylation sites (N-methyl/N-ethyl adjacent to an activating group) is 1. The highest BCUT2D eigenvalue weighted by atomic mass is 16.6. The number of carboxylic acid groups (broad SMARTS) is 1. The molecular formula is C19H33NO6. The highest BCUT2D eigenvalue weighted by Crippen LogP contribution is 2.31. The first kappa shape index (κ1) is 22.4. The maximum absolute atomic E-state index is 12.5. The molecule has 0 aliphatic heterocycles. The standard InChI is InChI=1S/C19H33NO6/c1-6-20(5)19(4,13(2)3)18(24)26-12-11-25-17(23)15-10-8-7-9-14(15)16(21)22/h13-15H,6-12H2,1-5H3,(H,21,22). The number of hydrogen-bond donors (Lipinski definition) is 1. The molecule has 1 N–H and O–H groups in total. The zero-order valence-corrected chi connectivity index (χ0v) is 16.6. The van der Waals surface area contributed by atoms with Gasteiger partial charge >= 0.3 is 17.9 Å². The van der Waals surface area contributed by atoms with Gasteiger partial charge in [0.2, 0.25) is 0 Å². The van der Waals surface area contributed by atoms with Gasteiger partial charge in [-0.1, -0.05) is 33.6 Å². The Morgan fingerprint density at radius 3 is 2.15 bits per heavy atom. The number of carboxylic acids is 1. The molecule has 150 valence electrons. The van der Waals surface area contributed by atoms with E-state index in [1.54, 1.807) is 0 Å². The second kappa shape index (κ2) is 9.90. The van der Waals surface area contributed by atoms with E-state index in [1.165, 1.54) is 0 Å². The average Bonchev–Trinajstić information content (AvgIpc) is 2.62. The van der Waals surface area contributed by atoms with Crippen LogP contribution in [0.5, 0.6) is 0 Å². The fourth-order valence-electron chi connectivity index (χ4n) is 3.40. The summed E-state index contributed by atoms with van der Waals surface area (Å²) in [6, 6.07) is 0. The van der Waals surface area contributed by atoms with E-state index in [4.69, 9.17) is 9.47 Å². The topological polar surface area (TPSA) is 93.1 Å². The number of carbonyl (C=O) groups excluding carboxylic acids is 2. The monoisotopic (exact) mass is 371 g/mol. The van der Waals surface area contributed by atoms with Crippen molar-refractivity contribution in [2.45, 2.75) is 58.9 Å². The number of ether oxygens (including phenoxy) is 2. The molecule has 0 spiro atoms. The van der Waals surface area contributed by atoms with Gasteiger partial charge in [-0.15, -0.1) is 0 Å². The summed E-state index contributed by atoms with van der Waals surface area (Å²) in [6.07, 6.45) is 2.67. The van der Waals surface area contributed by atoms with Crippen molar-refractivity contribution in [2.24, 2.45) is 17.8 Å². The van der Waals surface area contributed by atoms with Crippen molar-refractivity contribution >= 4 is 17.9 Å². The Morgan fingerprint density at radius 1 is 1.12 bits per heavy atom. The highest BCUT2D eigenvalue weighted by Gasteiger charge is 2.41. The van der Waals surface area contributed by atoms with E-state index in [9.17, 15) is 19.5 Å². The molecule has 1 aliphatic rings. The fourth-order valence-corrected chi connectivity index (χ4v) is 3.40. The van der Waals surface area contributed by atoms with E-state index in [0.29, 0.717) is 19.4 Å². The van der Waals surface area contributed by atoms with Crippen molar-refractivity contribution in [3.8, 4) is 0 Å². The lowest BCUT2D eigenvalue weighted by molar-refractivity contribution is -0.167. The van der Waals surface area contributed by atoms with Crippen LogP contribution in [0.4, 0.5) is 0 Å². The maximum atomic E-state index is 12.5. The summed E-state index contributed by atoms with van der Waals surface area (Å²) >= 11 is 0. The van der Waals surface area contributed by atoms with Crippen LogP contribution in [0.3, 0.4) is 0 Å². The minimum absolute atomic E-state index is 0.0328. The Balaban J connectivity index is 2.51. The predicted octanol–water partition coefficient (Wildman–Crippen LogP) is 2.33. The second-order valence-corrected chi connectivity index (χ2v) is 7.46. The number of rotatable bonds is 9. The molecule has 1 aliphatic carbocycles. The van der Waals surface area contributed by atoms with E-state index in [2.05, 4.69) is 0 Å². The van der Waals surface area contributed by atoms with Gasteiger partial charge in [0.05, 0.1) is 11.8 Å². The highest BCUT2D eigenvalue weighted by molar-refractivity contribution is 5.82. The van der Waals surface area contributed by atoms with Gasteiger partial charge in [-0.2, -0.15) is 0 Å². The third-order valence-electron chi connectivity index (χ3n) is 5.75. The SMILES string of the molecule is CCN(C)C(C)(C(=O)OCCOC(=O)C1CCCCC1C(=O)O)C(C)C. The molecule has 7 heteroatoms. The van der Waals surface area contributed by atoms with E-state index in [0.717, 1.165) is 12.8 Å². The van der Waals surface area contributed by atoms with Crippen LogP contribution in [-0.4, -0.2) is 60.3 Å². The van der Waals surface area contributed by atoms with Crippen molar-refractivity contribution in [3.05, 3.63) is 0 Å². The molecule has 0 bridgehead atoms. The molecule has 1 saturated carbocycles. The quantitative estimate of drug-likeness (QED) is 0.491.